The number of nitriles is 1. The van der Waals surface area contributed by atoms with E-state index in [0.29, 0.717) is 22.3 Å². The van der Waals surface area contributed by atoms with Crippen molar-refractivity contribution in [2.45, 2.75) is 0 Å². The molecule has 126 valence electrons. The fraction of sp³-hybridized carbons (Fsp3) is 0.0500. The third kappa shape index (κ3) is 2.56. The standard InChI is InChI=1S/C20H13FN4O/c1-26-17-8-6-16(7-9-17)25-11-14(10-22)19-20(25)18(23-12-24-19)13-2-4-15(21)5-3-13/h2-9,11-12H,1H3. The number of nitrogens with zero attached hydrogens (tertiary/aromatic N) is 4. The number of hydrogen-bond donors (Lipinski definition) is 0. The summed E-state index contributed by atoms with van der Waals surface area (Å²) in [5.41, 5.74) is 3.92. The minimum absolute atomic E-state index is 0.317. The quantitative estimate of drug-likeness (QED) is 0.561. The summed E-state index contributed by atoms with van der Waals surface area (Å²) in [5, 5.41) is 9.48. The van der Waals surface area contributed by atoms with Crippen LogP contribution in [0.2, 0.25) is 0 Å². The monoisotopic (exact) mass is 344 g/mol. The molecule has 26 heavy (non-hydrogen) atoms. The van der Waals surface area contributed by atoms with Crippen molar-refractivity contribution < 1.29 is 9.13 Å². The third-order valence-corrected chi connectivity index (χ3v) is 4.17. The highest BCUT2D eigenvalue weighted by atomic mass is 19.1. The van der Waals surface area contributed by atoms with E-state index in [4.69, 9.17) is 4.74 Å². The zero-order valence-electron chi connectivity index (χ0n) is 13.8. The van der Waals surface area contributed by atoms with Crippen LogP contribution in [0.4, 0.5) is 4.39 Å². The van der Waals surface area contributed by atoms with Gasteiger partial charge in [0.05, 0.1) is 23.9 Å². The molecule has 0 radical (unpaired) electrons. The van der Waals surface area contributed by atoms with E-state index < -0.39 is 0 Å². The van der Waals surface area contributed by atoms with Gasteiger partial charge < -0.3 is 9.30 Å². The molecular formula is C20H13FN4O. The van der Waals surface area contributed by atoms with Crippen molar-refractivity contribution in [1.29, 1.82) is 5.26 Å². The summed E-state index contributed by atoms with van der Waals surface area (Å²) in [4.78, 5) is 8.67. The van der Waals surface area contributed by atoms with Crippen LogP contribution in [0.15, 0.2) is 61.1 Å². The third-order valence-electron chi connectivity index (χ3n) is 4.17. The van der Waals surface area contributed by atoms with Crippen molar-refractivity contribution in [3.8, 4) is 28.8 Å². The zero-order valence-corrected chi connectivity index (χ0v) is 13.8. The van der Waals surface area contributed by atoms with Crippen molar-refractivity contribution >= 4 is 11.0 Å². The smallest absolute Gasteiger partial charge is 0.123 e. The first-order valence-corrected chi connectivity index (χ1v) is 7.88. The van der Waals surface area contributed by atoms with Crippen LogP contribution < -0.4 is 4.74 Å². The molecule has 0 fully saturated rings. The molecule has 0 unspecified atom stereocenters. The Labute approximate surface area is 148 Å². The molecule has 4 rings (SSSR count). The fourth-order valence-electron chi connectivity index (χ4n) is 2.91. The molecule has 5 nitrogen and oxygen atoms in total. The molecule has 0 saturated heterocycles. The zero-order chi connectivity index (χ0) is 18.1. The Morgan fingerprint density at radius 2 is 1.77 bits per heavy atom. The lowest BCUT2D eigenvalue weighted by Gasteiger charge is -2.09. The van der Waals surface area contributed by atoms with Gasteiger partial charge in [-0.1, -0.05) is 0 Å². The summed E-state index contributed by atoms with van der Waals surface area (Å²) in [5.74, 6) is 0.419. The molecule has 0 saturated carbocycles. The van der Waals surface area contributed by atoms with Crippen LogP contribution in [0.25, 0.3) is 28.0 Å². The largest absolute Gasteiger partial charge is 0.497 e. The minimum Gasteiger partial charge on any atom is -0.497 e. The van der Waals surface area contributed by atoms with Gasteiger partial charge in [0, 0.05) is 17.4 Å². The van der Waals surface area contributed by atoms with E-state index >= 15 is 0 Å². The van der Waals surface area contributed by atoms with Gasteiger partial charge in [-0.2, -0.15) is 5.26 Å². The predicted molar refractivity (Wildman–Crippen MR) is 95.5 cm³/mol. The maximum atomic E-state index is 13.3. The van der Waals surface area contributed by atoms with Crippen LogP contribution in [0, 0.1) is 17.1 Å². The topological polar surface area (TPSA) is 63.7 Å². The lowest BCUT2D eigenvalue weighted by Crippen LogP contribution is -1.96. The van der Waals surface area contributed by atoms with Gasteiger partial charge in [-0.05, 0) is 48.5 Å². The number of fused-ring (bicyclic) bond motifs is 1. The number of ether oxygens (including phenoxy) is 1. The molecule has 0 aliphatic rings. The number of methoxy groups -OCH3 is 1. The van der Waals surface area contributed by atoms with E-state index in [-0.39, 0.29) is 5.82 Å². The van der Waals surface area contributed by atoms with Gasteiger partial charge in [-0.15, -0.1) is 0 Å². The van der Waals surface area contributed by atoms with Gasteiger partial charge in [0.15, 0.2) is 0 Å². The fourth-order valence-corrected chi connectivity index (χ4v) is 2.91. The lowest BCUT2D eigenvalue weighted by atomic mass is 10.1. The van der Waals surface area contributed by atoms with Crippen LogP contribution >= 0.6 is 0 Å². The molecule has 0 bridgehead atoms. The van der Waals surface area contributed by atoms with Crippen molar-refractivity contribution in [3.05, 3.63) is 72.4 Å². The molecule has 0 spiro atoms. The Bertz CT molecular complexity index is 1130. The Hall–Kier alpha value is -3.72. The summed E-state index contributed by atoms with van der Waals surface area (Å²) in [7, 11) is 1.61. The van der Waals surface area contributed by atoms with Crippen LogP contribution in [0.1, 0.15) is 5.56 Å². The number of benzene rings is 2. The van der Waals surface area contributed by atoms with Gasteiger partial charge in [0.25, 0.3) is 0 Å². The second-order valence-corrected chi connectivity index (χ2v) is 5.65. The Kier molecular flexibility index (Phi) is 3.82. The van der Waals surface area contributed by atoms with E-state index in [0.717, 1.165) is 17.0 Å². The maximum Gasteiger partial charge on any atom is 0.123 e. The first-order valence-electron chi connectivity index (χ1n) is 7.88. The highest BCUT2D eigenvalue weighted by Gasteiger charge is 2.17. The molecule has 0 amide bonds. The van der Waals surface area contributed by atoms with E-state index in [1.165, 1.54) is 18.5 Å². The number of aromatic nitrogens is 3. The molecule has 0 N–H and O–H groups in total. The predicted octanol–water partition coefficient (Wildman–Crippen LogP) is 4.11. The lowest BCUT2D eigenvalue weighted by molar-refractivity contribution is 0.415. The van der Waals surface area contributed by atoms with Gasteiger partial charge in [-0.3, -0.25) is 0 Å². The molecule has 2 heterocycles. The van der Waals surface area contributed by atoms with Crippen molar-refractivity contribution in [3.63, 3.8) is 0 Å². The van der Waals surface area contributed by atoms with Crippen LogP contribution in [-0.2, 0) is 0 Å². The highest BCUT2D eigenvalue weighted by molar-refractivity contribution is 5.94. The summed E-state index contributed by atoms with van der Waals surface area (Å²) >= 11 is 0. The first-order chi connectivity index (χ1) is 12.7. The first kappa shape index (κ1) is 15.8. The van der Waals surface area contributed by atoms with Gasteiger partial charge in [0.1, 0.15) is 29.5 Å². The molecule has 0 aliphatic heterocycles. The number of hydrogen-bond acceptors (Lipinski definition) is 4. The average molecular weight is 344 g/mol. The average Bonchev–Trinajstić information content (AvgIpc) is 3.08. The molecule has 4 aromatic rings. The normalized spacial score (nSPS) is 10.7. The van der Waals surface area contributed by atoms with Gasteiger partial charge >= 0.3 is 0 Å². The minimum atomic E-state index is -0.317. The molecular weight excluding hydrogens is 331 g/mol. The van der Waals surface area contributed by atoms with E-state index in [2.05, 4.69) is 16.0 Å². The number of halogens is 1. The maximum absolute atomic E-state index is 13.3. The van der Waals surface area contributed by atoms with E-state index in [1.54, 1.807) is 25.4 Å². The second-order valence-electron chi connectivity index (χ2n) is 5.65. The highest BCUT2D eigenvalue weighted by Crippen LogP contribution is 2.31. The van der Waals surface area contributed by atoms with E-state index in [1.807, 2.05) is 28.8 Å². The molecule has 0 aliphatic carbocycles. The summed E-state index contributed by atoms with van der Waals surface area (Å²) in [6, 6.07) is 15.7. The molecule has 0 atom stereocenters. The van der Waals surface area contributed by atoms with Crippen molar-refractivity contribution in [2.24, 2.45) is 0 Å². The van der Waals surface area contributed by atoms with Crippen LogP contribution in [-0.4, -0.2) is 21.6 Å². The van der Waals surface area contributed by atoms with Crippen molar-refractivity contribution in [2.75, 3.05) is 7.11 Å². The second kappa shape index (κ2) is 6.30. The summed E-state index contributed by atoms with van der Waals surface area (Å²) < 4.78 is 20.4. The Balaban J connectivity index is 2.00. The van der Waals surface area contributed by atoms with Crippen LogP contribution in [0.5, 0.6) is 5.75 Å². The Morgan fingerprint density at radius 3 is 2.42 bits per heavy atom. The van der Waals surface area contributed by atoms with E-state index in [9.17, 15) is 9.65 Å². The molecule has 6 heteroatoms. The summed E-state index contributed by atoms with van der Waals surface area (Å²) in [6.45, 7) is 0. The van der Waals surface area contributed by atoms with Gasteiger partial charge in [0.2, 0.25) is 0 Å². The van der Waals surface area contributed by atoms with Crippen molar-refractivity contribution in [1.82, 2.24) is 14.5 Å². The number of rotatable bonds is 3. The Morgan fingerprint density at radius 1 is 1.04 bits per heavy atom. The van der Waals surface area contributed by atoms with Gasteiger partial charge in [-0.25, -0.2) is 14.4 Å². The molecule has 2 aromatic heterocycles. The SMILES string of the molecule is COc1ccc(-n2cc(C#N)c3ncnc(-c4ccc(F)cc4)c32)cc1. The van der Waals surface area contributed by atoms with Crippen LogP contribution in [0.3, 0.4) is 0 Å². The molecule has 2 aromatic carbocycles. The summed E-state index contributed by atoms with van der Waals surface area (Å²) in [6.07, 6.45) is 3.15.